The monoisotopic (exact) mass is 410 g/mol. The summed E-state index contributed by atoms with van der Waals surface area (Å²) in [5.74, 6) is -1.04. The van der Waals surface area contributed by atoms with Gasteiger partial charge in [-0.15, -0.1) is 0 Å². The Kier molecular flexibility index (Phi) is 6.90. The highest BCUT2D eigenvalue weighted by atomic mass is 19.4. The highest BCUT2D eigenvalue weighted by Crippen LogP contribution is 2.32. The van der Waals surface area contributed by atoms with Gasteiger partial charge in [0, 0.05) is 26.2 Å². The summed E-state index contributed by atoms with van der Waals surface area (Å²) in [5.41, 5.74) is -2.29. The fourth-order valence-corrected chi connectivity index (χ4v) is 3.03. The van der Waals surface area contributed by atoms with Crippen LogP contribution in [-0.2, 0) is 11.0 Å². The summed E-state index contributed by atoms with van der Waals surface area (Å²) in [6.45, 7) is 6.56. The molecular formula is C20H25F3N4O2. The molecule has 6 nitrogen and oxygen atoms in total. The molecule has 1 aromatic rings. The van der Waals surface area contributed by atoms with Crippen molar-refractivity contribution in [1.29, 1.82) is 5.26 Å². The number of hydrogen-bond acceptors (Lipinski definition) is 4. The van der Waals surface area contributed by atoms with E-state index in [1.54, 1.807) is 6.92 Å². The van der Waals surface area contributed by atoms with E-state index in [-0.39, 0.29) is 37.0 Å². The maximum Gasteiger partial charge on any atom is 0.417 e. The molecule has 1 saturated heterocycles. The Morgan fingerprint density at radius 2 is 1.76 bits per heavy atom. The van der Waals surface area contributed by atoms with Gasteiger partial charge in [-0.05, 0) is 25.0 Å². The lowest BCUT2D eigenvalue weighted by molar-refractivity contribution is -0.138. The topological polar surface area (TPSA) is 76.4 Å². The molecule has 2 rings (SSSR count). The number of nitriles is 1. The Bertz CT molecular complexity index is 796. The molecule has 0 spiro atoms. The molecule has 0 radical (unpaired) electrons. The predicted molar refractivity (Wildman–Crippen MR) is 101 cm³/mol. The highest BCUT2D eigenvalue weighted by Gasteiger charge is 2.36. The molecule has 1 fully saturated rings. The molecule has 0 aromatic heterocycles. The molecule has 0 aliphatic carbocycles. The van der Waals surface area contributed by atoms with Gasteiger partial charge in [0.15, 0.2) is 0 Å². The molecule has 0 saturated carbocycles. The van der Waals surface area contributed by atoms with Gasteiger partial charge >= 0.3 is 6.18 Å². The Labute approximate surface area is 168 Å². The van der Waals surface area contributed by atoms with Crippen LogP contribution in [0.3, 0.4) is 0 Å². The smallest absolute Gasteiger partial charge is 0.337 e. The number of carbonyl (C=O) groups is 2. The van der Waals surface area contributed by atoms with Crippen LogP contribution in [0.2, 0.25) is 0 Å². The third-order valence-electron chi connectivity index (χ3n) is 5.28. The van der Waals surface area contributed by atoms with E-state index in [2.05, 4.69) is 11.4 Å². The molecule has 29 heavy (non-hydrogen) atoms. The Hall–Kier alpha value is -2.60. The minimum atomic E-state index is -4.60. The molecule has 1 heterocycles. The Morgan fingerprint density at radius 3 is 2.28 bits per heavy atom. The summed E-state index contributed by atoms with van der Waals surface area (Å²) < 4.78 is 39.5. The first kappa shape index (κ1) is 22.7. The van der Waals surface area contributed by atoms with Gasteiger partial charge in [0.2, 0.25) is 5.91 Å². The zero-order valence-corrected chi connectivity index (χ0v) is 16.7. The molecule has 158 valence electrons. The van der Waals surface area contributed by atoms with Gasteiger partial charge in [0.1, 0.15) is 5.54 Å². The molecular weight excluding hydrogens is 385 g/mol. The minimum Gasteiger partial charge on any atom is -0.337 e. The van der Waals surface area contributed by atoms with Gasteiger partial charge in [-0.3, -0.25) is 14.5 Å². The van der Waals surface area contributed by atoms with Crippen molar-refractivity contribution in [2.75, 3.05) is 32.7 Å². The maximum absolute atomic E-state index is 13.2. The van der Waals surface area contributed by atoms with Gasteiger partial charge < -0.3 is 10.2 Å². The molecule has 1 aliphatic rings. The average molecular weight is 410 g/mol. The van der Waals surface area contributed by atoms with Crippen LogP contribution < -0.4 is 5.32 Å². The molecule has 1 atom stereocenters. The van der Waals surface area contributed by atoms with Crippen molar-refractivity contribution in [2.45, 2.75) is 32.5 Å². The van der Waals surface area contributed by atoms with E-state index in [9.17, 15) is 28.0 Å². The molecule has 9 heteroatoms. The lowest BCUT2D eigenvalue weighted by Gasteiger charge is -2.35. The quantitative estimate of drug-likeness (QED) is 0.809. The second-order valence-electron chi connectivity index (χ2n) is 7.63. The fourth-order valence-electron chi connectivity index (χ4n) is 3.03. The van der Waals surface area contributed by atoms with Crippen molar-refractivity contribution in [3.8, 4) is 6.07 Å². The standard InChI is InChI=1S/C20H25F3N4O2/c1-14(2)19(3,13-24)25-17(28)12-26-8-10-27(11-9-26)18(29)15-6-4-5-7-16(15)20(21,22)23/h4-7,14H,8-12H2,1-3H3,(H,25,28)/t19-/m1/s1. The second-order valence-corrected chi connectivity index (χ2v) is 7.63. The molecule has 1 aromatic carbocycles. The number of nitrogens with one attached hydrogen (secondary N) is 1. The average Bonchev–Trinajstić information content (AvgIpc) is 2.67. The number of benzene rings is 1. The van der Waals surface area contributed by atoms with Crippen LogP contribution in [0.25, 0.3) is 0 Å². The number of amides is 2. The van der Waals surface area contributed by atoms with E-state index in [1.165, 1.54) is 23.1 Å². The lowest BCUT2D eigenvalue weighted by atomic mass is 9.90. The van der Waals surface area contributed by atoms with E-state index >= 15 is 0 Å². The number of halogens is 3. The van der Waals surface area contributed by atoms with Crippen molar-refractivity contribution >= 4 is 11.8 Å². The van der Waals surface area contributed by atoms with Gasteiger partial charge in [0.05, 0.1) is 23.7 Å². The summed E-state index contributed by atoms with van der Waals surface area (Å²) in [6, 6.07) is 6.85. The normalized spacial score (nSPS) is 17.5. The van der Waals surface area contributed by atoms with Gasteiger partial charge in [-0.25, -0.2) is 0 Å². The van der Waals surface area contributed by atoms with Gasteiger partial charge in [0.25, 0.3) is 5.91 Å². The first-order valence-electron chi connectivity index (χ1n) is 9.38. The number of nitrogens with zero attached hydrogens (tertiary/aromatic N) is 3. The lowest BCUT2D eigenvalue weighted by Crippen LogP contribution is -2.55. The zero-order valence-electron chi connectivity index (χ0n) is 16.7. The Morgan fingerprint density at radius 1 is 1.17 bits per heavy atom. The van der Waals surface area contributed by atoms with Crippen molar-refractivity contribution in [3.05, 3.63) is 35.4 Å². The van der Waals surface area contributed by atoms with Crippen LogP contribution in [0, 0.1) is 17.2 Å². The summed E-state index contributed by atoms with van der Waals surface area (Å²) in [7, 11) is 0. The van der Waals surface area contributed by atoms with Crippen LogP contribution in [-0.4, -0.2) is 59.9 Å². The van der Waals surface area contributed by atoms with E-state index in [1.807, 2.05) is 18.7 Å². The van der Waals surface area contributed by atoms with Crippen molar-refractivity contribution in [2.24, 2.45) is 5.92 Å². The molecule has 1 aliphatic heterocycles. The molecule has 0 unspecified atom stereocenters. The third-order valence-corrected chi connectivity index (χ3v) is 5.28. The van der Waals surface area contributed by atoms with Gasteiger partial charge in [-0.1, -0.05) is 26.0 Å². The Balaban J connectivity index is 1.96. The maximum atomic E-state index is 13.2. The van der Waals surface area contributed by atoms with Gasteiger partial charge in [-0.2, -0.15) is 18.4 Å². The summed E-state index contributed by atoms with van der Waals surface area (Å²) in [6.07, 6.45) is -4.60. The number of rotatable bonds is 5. The van der Waals surface area contributed by atoms with Crippen molar-refractivity contribution < 1.29 is 22.8 Å². The van der Waals surface area contributed by atoms with E-state index in [0.29, 0.717) is 13.1 Å². The third kappa shape index (κ3) is 5.48. The molecule has 2 amide bonds. The summed E-state index contributed by atoms with van der Waals surface area (Å²) in [5, 5.41) is 12.0. The number of piperazine rings is 1. The van der Waals surface area contributed by atoms with E-state index < -0.39 is 23.2 Å². The molecule has 0 bridgehead atoms. The van der Waals surface area contributed by atoms with E-state index in [0.717, 1.165) is 6.07 Å². The van der Waals surface area contributed by atoms with Crippen LogP contribution in [0.15, 0.2) is 24.3 Å². The zero-order chi connectivity index (χ0) is 21.8. The van der Waals surface area contributed by atoms with Crippen molar-refractivity contribution in [1.82, 2.24) is 15.1 Å². The highest BCUT2D eigenvalue weighted by molar-refractivity contribution is 5.96. The summed E-state index contributed by atoms with van der Waals surface area (Å²) >= 11 is 0. The van der Waals surface area contributed by atoms with Crippen LogP contribution >= 0.6 is 0 Å². The minimum absolute atomic E-state index is 0.0607. The first-order chi connectivity index (χ1) is 13.5. The predicted octanol–water partition coefficient (Wildman–Crippen LogP) is 2.52. The first-order valence-corrected chi connectivity index (χ1v) is 9.38. The SMILES string of the molecule is CC(C)[C@@](C)(C#N)NC(=O)CN1CCN(C(=O)c2ccccc2C(F)(F)F)CC1. The number of hydrogen-bond donors (Lipinski definition) is 1. The fraction of sp³-hybridized carbons (Fsp3) is 0.550. The van der Waals surface area contributed by atoms with Crippen LogP contribution in [0.5, 0.6) is 0 Å². The van der Waals surface area contributed by atoms with Crippen LogP contribution in [0.4, 0.5) is 13.2 Å². The summed E-state index contributed by atoms with van der Waals surface area (Å²) in [4.78, 5) is 28.0. The largest absolute Gasteiger partial charge is 0.417 e. The second kappa shape index (κ2) is 8.82. The number of carbonyl (C=O) groups excluding carboxylic acids is 2. The van der Waals surface area contributed by atoms with Crippen LogP contribution in [0.1, 0.15) is 36.7 Å². The van der Waals surface area contributed by atoms with Crippen molar-refractivity contribution in [3.63, 3.8) is 0 Å². The van der Waals surface area contributed by atoms with E-state index in [4.69, 9.17) is 0 Å². The number of alkyl halides is 3. The molecule has 1 N–H and O–H groups in total.